The number of hydrogen-bond donors (Lipinski definition) is 2. The Kier molecular flexibility index (Phi) is 3.52. The van der Waals surface area contributed by atoms with Crippen LogP contribution in [0.25, 0.3) is 0 Å². The van der Waals surface area contributed by atoms with Crippen molar-refractivity contribution in [2.45, 2.75) is 31.3 Å². The topological polar surface area (TPSA) is 58.6 Å². The van der Waals surface area contributed by atoms with Gasteiger partial charge in [0.2, 0.25) is 0 Å². The van der Waals surface area contributed by atoms with E-state index >= 15 is 0 Å². The zero-order chi connectivity index (χ0) is 13.2. The third kappa shape index (κ3) is 2.46. The fourth-order valence-electron chi connectivity index (χ4n) is 2.15. The first-order chi connectivity index (χ1) is 8.55. The molecule has 0 aromatic heterocycles. The number of amides is 1. The molecular weight excluding hydrogens is 237 g/mol. The summed E-state index contributed by atoms with van der Waals surface area (Å²) in [5.74, 6) is -0.650. The van der Waals surface area contributed by atoms with Gasteiger partial charge in [-0.25, -0.2) is 4.39 Å². The molecule has 1 aliphatic rings. The Hall–Kier alpha value is -1.62. The highest BCUT2D eigenvalue weighted by Crippen LogP contribution is 2.31. The molecule has 2 N–H and O–H groups in total. The highest BCUT2D eigenvalue weighted by molar-refractivity contribution is 5.97. The maximum absolute atomic E-state index is 13.5. The second-order valence-corrected chi connectivity index (χ2v) is 4.54. The molecule has 0 radical (unpaired) electrons. The molecule has 5 heteroatoms. The molecule has 1 fully saturated rings. The summed E-state index contributed by atoms with van der Waals surface area (Å²) in [7, 11) is 1.46. The van der Waals surface area contributed by atoms with Gasteiger partial charge in [-0.15, -0.1) is 0 Å². The van der Waals surface area contributed by atoms with Gasteiger partial charge >= 0.3 is 0 Å². The van der Waals surface area contributed by atoms with Crippen molar-refractivity contribution in [3.05, 3.63) is 24.0 Å². The lowest BCUT2D eigenvalue weighted by molar-refractivity contribution is -0.133. The average Bonchev–Trinajstić information content (AvgIpc) is 2.80. The second kappa shape index (κ2) is 4.94. The second-order valence-electron chi connectivity index (χ2n) is 4.54. The molecule has 0 saturated heterocycles. The van der Waals surface area contributed by atoms with Crippen LogP contribution in [0.4, 0.5) is 10.1 Å². The molecule has 0 unspecified atom stereocenters. The van der Waals surface area contributed by atoms with Crippen LogP contribution < -0.4 is 10.1 Å². The van der Waals surface area contributed by atoms with Crippen molar-refractivity contribution < 1.29 is 19.0 Å². The standard InChI is InChI=1S/C13H16FNO3/c1-18-9-4-5-10(14)11(8-9)15-12(16)13(17)6-2-3-7-13/h4-5,8,17H,2-3,6-7H2,1H3,(H,15,16). The number of aliphatic hydroxyl groups is 1. The molecule has 1 aromatic rings. The lowest BCUT2D eigenvalue weighted by atomic mass is 10.0. The van der Waals surface area contributed by atoms with Crippen LogP contribution in [0.2, 0.25) is 0 Å². The number of hydrogen-bond acceptors (Lipinski definition) is 3. The number of rotatable bonds is 3. The van der Waals surface area contributed by atoms with Crippen molar-refractivity contribution >= 4 is 11.6 Å². The number of carbonyl (C=O) groups excluding carboxylic acids is 1. The Morgan fingerprint density at radius 2 is 2.11 bits per heavy atom. The Labute approximate surface area is 105 Å². The molecular formula is C13H16FNO3. The van der Waals surface area contributed by atoms with E-state index in [1.54, 1.807) is 0 Å². The molecule has 0 bridgehead atoms. The van der Waals surface area contributed by atoms with Crippen LogP contribution in [0, 0.1) is 5.82 Å². The number of methoxy groups -OCH3 is 1. The molecule has 1 aromatic carbocycles. The summed E-state index contributed by atoms with van der Waals surface area (Å²) in [6.45, 7) is 0. The lowest BCUT2D eigenvalue weighted by Gasteiger charge is -2.21. The van der Waals surface area contributed by atoms with E-state index in [1.165, 1.54) is 25.3 Å². The van der Waals surface area contributed by atoms with Crippen LogP contribution in [-0.2, 0) is 4.79 Å². The summed E-state index contributed by atoms with van der Waals surface area (Å²) in [5.41, 5.74) is -1.34. The molecule has 0 atom stereocenters. The van der Waals surface area contributed by atoms with Gasteiger partial charge in [0.1, 0.15) is 17.2 Å². The first-order valence-electron chi connectivity index (χ1n) is 5.92. The largest absolute Gasteiger partial charge is 0.497 e. The fourth-order valence-corrected chi connectivity index (χ4v) is 2.15. The summed E-state index contributed by atoms with van der Waals surface area (Å²) in [6, 6.07) is 4.08. The van der Waals surface area contributed by atoms with Crippen LogP contribution in [0.1, 0.15) is 25.7 Å². The van der Waals surface area contributed by atoms with Crippen molar-refractivity contribution in [2.75, 3.05) is 12.4 Å². The van der Waals surface area contributed by atoms with Gasteiger partial charge in [0, 0.05) is 6.07 Å². The van der Waals surface area contributed by atoms with Gasteiger partial charge in [-0.1, -0.05) is 0 Å². The van der Waals surface area contributed by atoms with Crippen molar-refractivity contribution in [3.8, 4) is 5.75 Å². The summed E-state index contributed by atoms with van der Waals surface area (Å²) >= 11 is 0. The molecule has 18 heavy (non-hydrogen) atoms. The highest BCUT2D eigenvalue weighted by Gasteiger charge is 2.39. The molecule has 4 nitrogen and oxygen atoms in total. The molecule has 0 aliphatic heterocycles. The first kappa shape index (κ1) is 12.8. The van der Waals surface area contributed by atoms with E-state index in [-0.39, 0.29) is 5.69 Å². The Morgan fingerprint density at radius 3 is 2.72 bits per heavy atom. The number of anilines is 1. The van der Waals surface area contributed by atoms with Gasteiger partial charge in [-0.3, -0.25) is 4.79 Å². The normalized spacial score (nSPS) is 17.5. The summed E-state index contributed by atoms with van der Waals surface area (Å²) < 4.78 is 18.5. The number of halogens is 1. The summed E-state index contributed by atoms with van der Waals surface area (Å²) in [5, 5.41) is 12.5. The van der Waals surface area contributed by atoms with Gasteiger partial charge in [0.15, 0.2) is 0 Å². The van der Waals surface area contributed by atoms with Gasteiger partial charge < -0.3 is 15.2 Å². The smallest absolute Gasteiger partial charge is 0.256 e. The van der Waals surface area contributed by atoms with Crippen LogP contribution in [0.15, 0.2) is 18.2 Å². The van der Waals surface area contributed by atoms with Crippen LogP contribution >= 0.6 is 0 Å². The first-order valence-corrected chi connectivity index (χ1v) is 5.92. The Bertz CT molecular complexity index is 456. The monoisotopic (exact) mass is 253 g/mol. The minimum Gasteiger partial charge on any atom is -0.497 e. The van der Waals surface area contributed by atoms with Crippen molar-refractivity contribution in [2.24, 2.45) is 0 Å². The minimum atomic E-state index is -1.37. The minimum absolute atomic E-state index is 0.0275. The summed E-state index contributed by atoms with van der Waals surface area (Å²) in [6.07, 6.45) is 2.46. The van der Waals surface area contributed by atoms with Gasteiger partial charge in [0.25, 0.3) is 5.91 Å². The SMILES string of the molecule is COc1ccc(F)c(NC(=O)C2(O)CCCC2)c1. The number of benzene rings is 1. The lowest BCUT2D eigenvalue weighted by Crippen LogP contribution is -2.40. The zero-order valence-electron chi connectivity index (χ0n) is 10.2. The molecule has 98 valence electrons. The van der Waals surface area contributed by atoms with E-state index < -0.39 is 17.3 Å². The maximum atomic E-state index is 13.5. The van der Waals surface area contributed by atoms with Crippen molar-refractivity contribution in [3.63, 3.8) is 0 Å². The fraction of sp³-hybridized carbons (Fsp3) is 0.462. The predicted octanol–water partition coefficient (Wildman–Crippen LogP) is 2.08. The van der Waals surface area contributed by atoms with Gasteiger partial charge in [-0.2, -0.15) is 0 Å². The van der Waals surface area contributed by atoms with E-state index in [0.717, 1.165) is 12.8 Å². The third-order valence-electron chi connectivity index (χ3n) is 3.28. The number of nitrogens with one attached hydrogen (secondary N) is 1. The van der Waals surface area contributed by atoms with E-state index in [4.69, 9.17) is 4.74 Å². The molecule has 2 rings (SSSR count). The Morgan fingerprint density at radius 1 is 1.44 bits per heavy atom. The number of carbonyl (C=O) groups is 1. The van der Waals surface area contributed by atoms with Crippen LogP contribution in [0.5, 0.6) is 5.75 Å². The summed E-state index contributed by atoms with van der Waals surface area (Å²) in [4.78, 5) is 11.9. The van der Waals surface area contributed by atoms with Crippen molar-refractivity contribution in [1.82, 2.24) is 0 Å². The predicted molar refractivity (Wildman–Crippen MR) is 65.0 cm³/mol. The van der Waals surface area contributed by atoms with Crippen LogP contribution in [0.3, 0.4) is 0 Å². The maximum Gasteiger partial charge on any atom is 0.256 e. The van der Waals surface area contributed by atoms with Crippen LogP contribution in [-0.4, -0.2) is 23.7 Å². The molecule has 0 spiro atoms. The van der Waals surface area contributed by atoms with Gasteiger partial charge in [0.05, 0.1) is 12.8 Å². The zero-order valence-corrected chi connectivity index (χ0v) is 10.2. The average molecular weight is 253 g/mol. The van der Waals surface area contributed by atoms with Gasteiger partial charge in [-0.05, 0) is 37.8 Å². The Balaban J connectivity index is 2.16. The molecule has 1 aliphatic carbocycles. The molecule has 1 saturated carbocycles. The highest BCUT2D eigenvalue weighted by atomic mass is 19.1. The van der Waals surface area contributed by atoms with E-state index in [1.807, 2.05) is 0 Å². The third-order valence-corrected chi connectivity index (χ3v) is 3.28. The van der Waals surface area contributed by atoms with E-state index in [2.05, 4.69) is 5.32 Å². The van der Waals surface area contributed by atoms with Crippen molar-refractivity contribution in [1.29, 1.82) is 0 Å². The quantitative estimate of drug-likeness (QED) is 0.867. The van der Waals surface area contributed by atoms with E-state index in [0.29, 0.717) is 18.6 Å². The molecule has 0 heterocycles. The van der Waals surface area contributed by atoms with E-state index in [9.17, 15) is 14.3 Å². The number of ether oxygens (including phenoxy) is 1. The molecule has 1 amide bonds.